The van der Waals surface area contributed by atoms with Crippen molar-refractivity contribution in [2.24, 2.45) is 0 Å². The quantitative estimate of drug-likeness (QED) is 0.370. The molecular formula is C7H9ClO3. The second-order valence-electron chi connectivity index (χ2n) is 1.84. The number of Topliss-reactive ketones (excluding diaryl/α,β-unsaturated/α-hetero) is 1. The Kier molecular flexibility index (Phi) is 4.54. The molecular weight excluding hydrogens is 168 g/mol. The normalized spacial score (nSPS) is 11.0. The fourth-order valence-corrected chi connectivity index (χ4v) is 0.506. The predicted octanol–water partition coefficient (Wildman–Crippen LogP) is 1.26. The van der Waals surface area contributed by atoms with E-state index < -0.39 is 11.8 Å². The summed E-state index contributed by atoms with van der Waals surface area (Å²) in [6, 6.07) is 0. The van der Waals surface area contributed by atoms with Crippen molar-refractivity contribution in [3.8, 4) is 0 Å². The van der Waals surface area contributed by atoms with Gasteiger partial charge in [-0.15, -0.1) is 0 Å². The van der Waals surface area contributed by atoms with Gasteiger partial charge in [0.25, 0.3) is 5.78 Å². The zero-order valence-corrected chi connectivity index (χ0v) is 7.14. The second kappa shape index (κ2) is 4.91. The van der Waals surface area contributed by atoms with Gasteiger partial charge in [-0.3, -0.25) is 4.79 Å². The summed E-state index contributed by atoms with van der Waals surface area (Å²) in [7, 11) is 0. The van der Waals surface area contributed by atoms with E-state index in [9.17, 15) is 9.59 Å². The van der Waals surface area contributed by atoms with E-state index in [1.807, 2.05) is 0 Å². The van der Waals surface area contributed by atoms with E-state index in [1.54, 1.807) is 6.92 Å². The van der Waals surface area contributed by atoms with Crippen molar-refractivity contribution in [2.45, 2.75) is 13.8 Å². The average molecular weight is 177 g/mol. The number of esters is 1. The Bertz CT molecular complexity index is 196. The highest BCUT2D eigenvalue weighted by Crippen LogP contribution is 1.98. The van der Waals surface area contributed by atoms with Crippen LogP contribution in [0.5, 0.6) is 0 Å². The van der Waals surface area contributed by atoms with E-state index >= 15 is 0 Å². The third-order valence-corrected chi connectivity index (χ3v) is 1.31. The zero-order valence-electron chi connectivity index (χ0n) is 6.39. The first-order chi connectivity index (χ1) is 5.13. The Morgan fingerprint density at radius 3 is 2.45 bits per heavy atom. The number of carbonyl (C=O) groups excluding carboxylic acids is 2. The van der Waals surface area contributed by atoms with Gasteiger partial charge in [-0.05, 0) is 13.8 Å². The summed E-state index contributed by atoms with van der Waals surface area (Å²) in [4.78, 5) is 21.5. The molecule has 11 heavy (non-hydrogen) atoms. The lowest BCUT2D eigenvalue weighted by atomic mass is 10.2. The van der Waals surface area contributed by atoms with Crippen LogP contribution in [0.15, 0.2) is 11.1 Å². The minimum atomic E-state index is -0.859. The summed E-state index contributed by atoms with van der Waals surface area (Å²) >= 11 is 5.20. The van der Waals surface area contributed by atoms with Crippen LogP contribution < -0.4 is 0 Å². The molecule has 0 aromatic rings. The monoisotopic (exact) mass is 176 g/mol. The fourth-order valence-electron chi connectivity index (χ4n) is 0.407. The van der Waals surface area contributed by atoms with Crippen molar-refractivity contribution in [3.63, 3.8) is 0 Å². The lowest BCUT2D eigenvalue weighted by Crippen LogP contribution is -2.17. The van der Waals surface area contributed by atoms with Crippen molar-refractivity contribution >= 4 is 23.4 Å². The molecule has 0 spiro atoms. The molecule has 0 saturated carbocycles. The number of rotatable bonds is 3. The standard InChI is InChI=1S/C7H9ClO3/c1-3-11-7(10)6(9)5(2)4-8/h4H,3H2,1-2H3/b5-4-. The number of carbonyl (C=O) groups is 2. The molecule has 3 nitrogen and oxygen atoms in total. The van der Waals surface area contributed by atoms with Gasteiger partial charge in [0.2, 0.25) is 0 Å². The molecule has 0 saturated heterocycles. The van der Waals surface area contributed by atoms with Crippen LogP contribution in [0.3, 0.4) is 0 Å². The Morgan fingerprint density at radius 1 is 1.55 bits per heavy atom. The molecule has 0 heterocycles. The van der Waals surface area contributed by atoms with Crippen molar-refractivity contribution < 1.29 is 14.3 Å². The largest absolute Gasteiger partial charge is 0.460 e. The van der Waals surface area contributed by atoms with E-state index in [1.165, 1.54) is 6.92 Å². The molecule has 0 aromatic heterocycles. The Balaban J connectivity index is 4.15. The minimum Gasteiger partial charge on any atom is -0.460 e. The highest BCUT2D eigenvalue weighted by molar-refractivity contribution is 6.42. The van der Waals surface area contributed by atoms with Gasteiger partial charge in [0.15, 0.2) is 0 Å². The number of ketones is 1. The fraction of sp³-hybridized carbons (Fsp3) is 0.429. The summed E-state index contributed by atoms with van der Waals surface area (Å²) in [5, 5.41) is 0. The van der Waals surface area contributed by atoms with E-state index in [0.717, 1.165) is 5.54 Å². The van der Waals surface area contributed by atoms with Gasteiger partial charge in [0.1, 0.15) is 0 Å². The topological polar surface area (TPSA) is 43.4 Å². The Morgan fingerprint density at radius 2 is 2.09 bits per heavy atom. The zero-order chi connectivity index (χ0) is 8.85. The molecule has 0 unspecified atom stereocenters. The molecule has 0 aliphatic rings. The molecule has 62 valence electrons. The highest BCUT2D eigenvalue weighted by Gasteiger charge is 2.15. The van der Waals surface area contributed by atoms with Gasteiger partial charge >= 0.3 is 5.97 Å². The smallest absolute Gasteiger partial charge is 0.379 e. The van der Waals surface area contributed by atoms with Crippen molar-refractivity contribution in [1.82, 2.24) is 0 Å². The van der Waals surface area contributed by atoms with Gasteiger partial charge in [-0.2, -0.15) is 0 Å². The van der Waals surface area contributed by atoms with E-state index in [0.29, 0.717) is 0 Å². The van der Waals surface area contributed by atoms with Crippen LogP contribution in [-0.4, -0.2) is 18.4 Å². The molecule has 0 aliphatic carbocycles. The number of hydrogen-bond donors (Lipinski definition) is 0. The molecule has 0 radical (unpaired) electrons. The molecule has 0 rings (SSSR count). The van der Waals surface area contributed by atoms with Gasteiger partial charge < -0.3 is 4.74 Å². The van der Waals surface area contributed by atoms with Crippen LogP contribution in [0.25, 0.3) is 0 Å². The summed E-state index contributed by atoms with van der Waals surface area (Å²) in [6.07, 6.45) is 0. The molecule has 0 bridgehead atoms. The molecule has 0 aromatic carbocycles. The van der Waals surface area contributed by atoms with Gasteiger partial charge in [-0.1, -0.05) is 11.6 Å². The Labute approximate surface area is 70.0 Å². The molecule has 0 atom stereocenters. The van der Waals surface area contributed by atoms with Gasteiger partial charge in [0, 0.05) is 11.1 Å². The average Bonchev–Trinajstić information content (AvgIpc) is 2.02. The van der Waals surface area contributed by atoms with Gasteiger partial charge in [-0.25, -0.2) is 4.79 Å². The van der Waals surface area contributed by atoms with Crippen LogP contribution in [0.1, 0.15) is 13.8 Å². The van der Waals surface area contributed by atoms with Gasteiger partial charge in [0.05, 0.1) is 6.61 Å². The second-order valence-corrected chi connectivity index (χ2v) is 2.06. The Hall–Kier alpha value is -0.830. The summed E-state index contributed by atoms with van der Waals surface area (Å²) in [5.74, 6) is -1.55. The van der Waals surface area contributed by atoms with Crippen molar-refractivity contribution in [3.05, 3.63) is 11.1 Å². The number of halogens is 1. The first-order valence-corrected chi connectivity index (χ1v) is 3.55. The summed E-state index contributed by atoms with van der Waals surface area (Å²) in [6.45, 7) is 3.28. The van der Waals surface area contributed by atoms with Crippen molar-refractivity contribution in [1.29, 1.82) is 0 Å². The lowest BCUT2D eigenvalue weighted by molar-refractivity contribution is -0.151. The first kappa shape index (κ1) is 10.2. The summed E-state index contributed by atoms with van der Waals surface area (Å²) in [5.41, 5.74) is 1.24. The molecule has 0 N–H and O–H groups in total. The third-order valence-electron chi connectivity index (χ3n) is 0.983. The van der Waals surface area contributed by atoms with Crippen LogP contribution in [0, 0.1) is 0 Å². The molecule has 0 amide bonds. The number of ether oxygens (including phenoxy) is 1. The van der Waals surface area contributed by atoms with E-state index in [2.05, 4.69) is 4.74 Å². The first-order valence-electron chi connectivity index (χ1n) is 3.12. The van der Waals surface area contributed by atoms with E-state index in [4.69, 9.17) is 11.6 Å². The predicted molar refractivity (Wildman–Crippen MR) is 41.3 cm³/mol. The van der Waals surface area contributed by atoms with E-state index in [-0.39, 0.29) is 12.2 Å². The van der Waals surface area contributed by atoms with Crippen LogP contribution >= 0.6 is 11.6 Å². The summed E-state index contributed by atoms with van der Waals surface area (Å²) < 4.78 is 4.44. The third kappa shape index (κ3) is 3.18. The molecule has 0 aliphatic heterocycles. The highest BCUT2D eigenvalue weighted by atomic mass is 35.5. The van der Waals surface area contributed by atoms with Crippen molar-refractivity contribution in [2.75, 3.05) is 6.61 Å². The van der Waals surface area contributed by atoms with Crippen LogP contribution in [-0.2, 0) is 14.3 Å². The molecule has 0 fully saturated rings. The number of hydrogen-bond acceptors (Lipinski definition) is 3. The maximum atomic E-state index is 10.8. The van der Waals surface area contributed by atoms with Crippen LogP contribution in [0.4, 0.5) is 0 Å². The lowest BCUT2D eigenvalue weighted by Gasteiger charge is -1.98. The SMILES string of the molecule is CCOC(=O)C(=O)/C(C)=C\Cl. The minimum absolute atomic E-state index is 0.185. The maximum absolute atomic E-state index is 10.8. The van der Waals surface area contributed by atoms with Crippen LogP contribution in [0.2, 0.25) is 0 Å². The molecule has 4 heteroatoms. The maximum Gasteiger partial charge on any atom is 0.379 e.